The molecule has 0 saturated carbocycles. The lowest BCUT2D eigenvalue weighted by Crippen LogP contribution is -2.49. The Hall–Kier alpha value is -3.04. The van der Waals surface area contributed by atoms with E-state index in [1.807, 2.05) is 47.4 Å². The van der Waals surface area contributed by atoms with Crippen LogP contribution in [0, 0.1) is 0 Å². The van der Waals surface area contributed by atoms with Gasteiger partial charge in [0.1, 0.15) is 10.8 Å². The normalized spacial score (nSPS) is 20.6. The maximum atomic E-state index is 13.2. The number of benzene rings is 2. The number of anilines is 2. The van der Waals surface area contributed by atoms with Crippen molar-refractivity contribution in [2.75, 3.05) is 61.9 Å². The van der Waals surface area contributed by atoms with E-state index in [9.17, 15) is 4.79 Å². The molecule has 5 rings (SSSR count). The summed E-state index contributed by atoms with van der Waals surface area (Å²) < 4.78 is 11.4. The molecule has 8 nitrogen and oxygen atoms in total. The Morgan fingerprint density at radius 1 is 0.944 bits per heavy atom. The van der Waals surface area contributed by atoms with Gasteiger partial charge in [-0.2, -0.15) is 0 Å². The van der Waals surface area contributed by atoms with Crippen molar-refractivity contribution in [2.24, 2.45) is 0 Å². The summed E-state index contributed by atoms with van der Waals surface area (Å²) in [6.45, 7) is 8.60. The van der Waals surface area contributed by atoms with Gasteiger partial charge in [0.2, 0.25) is 5.91 Å². The van der Waals surface area contributed by atoms with Crippen LogP contribution in [0.25, 0.3) is 11.0 Å². The number of para-hydroxylation sites is 4. The van der Waals surface area contributed by atoms with Crippen molar-refractivity contribution >= 4 is 40.2 Å². The number of rotatable bonds is 6. The summed E-state index contributed by atoms with van der Waals surface area (Å²) in [5, 5.41) is 0.802. The van der Waals surface area contributed by atoms with Gasteiger partial charge >= 0.3 is 0 Å². The summed E-state index contributed by atoms with van der Waals surface area (Å²) in [4.78, 5) is 29.5. The van der Waals surface area contributed by atoms with Crippen LogP contribution in [0.1, 0.15) is 13.8 Å². The number of carbonyl (C=O) groups excluding carboxylic acids is 1. The summed E-state index contributed by atoms with van der Waals surface area (Å²) in [5.74, 6) is 2.17. The van der Waals surface area contributed by atoms with Crippen LogP contribution < -0.4 is 14.5 Å². The number of thioether (sulfide) groups is 1. The van der Waals surface area contributed by atoms with E-state index in [-0.39, 0.29) is 18.1 Å². The van der Waals surface area contributed by atoms with E-state index in [0.29, 0.717) is 18.8 Å². The average molecular weight is 508 g/mol. The van der Waals surface area contributed by atoms with Crippen LogP contribution in [0.15, 0.2) is 53.6 Å². The molecule has 1 amide bonds. The van der Waals surface area contributed by atoms with Crippen LogP contribution in [0.2, 0.25) is 0 Å². The van der Waals surface area contributed by atoms with Gasteiger partial charge in [0.25, 0.3) is 0 Å². The van der Waals surface area contributed by atoms with Crippen molar-refractivity contribution in [1.29, 1.82) is 0 Å². The lowest BCUT2D eigenvalue weighted by atomic mass is 10.2. The van der Waals surface area contributed by atoms with E-state index in [4.69, 9.17) is 19.4 Å². The van der Waals surface area contributed by atoms with E-state index >= 15 is 0 Å². The number of hydrogen-bond donors (Lipinski definition) is 0. The Morgan fingerprint density at radius 3 is 2.28 bits per heavy atom. The summed E-state index contributed by atoms with van der Waals surface area (Å²) in [7, 11) is 1.69. The van der Waals surface area contributed by atoms with Gasteiger partial charge in [-0.05, 0) is 38.1 Å². The van der Waals surface area contributed by atoms with Gasteiger partial charge in [0.05, 0.1) is 41.8 Å². The zero-order valence-electron chi connectivity index (χ0n) is 21.1. The Bertz CT molecular complexity index is 1210. The van der Waals surface area contributed by atoms with Crippen molar-refractivity contribution in [3.8, 4) is 5.75 Å². The molecule has 2 aliphatic heterocycles. The van der Waals surface area contributed by atoms with Crippen molar-refractivity contribution in [3.05, 3.63) is 48.5 Å². The number of carbonyl (C=O) groups is 1. The fourth-order valence-corrected chi connectivity index (χ4v) is 5.85. The summed E-state index contributed by atoms with van der Waals surface area (Å²) >= 11 is 1.48. The van der Waals surface area contributed by atoms with Gasteiger partial charge in [-0.1, -0.05) is 36.0 Å². The first-order valence-electron chi connectivity index (χ1n) is 12.5. The number of ether oxygens (including phenoxy) is 2. The first-order valence-corrected chi connectivity index (χ1v) is 13.5. The van der Waals surface area contributed by atoms with Crippen molar-refractivity contribution in [1.82, 2.24) is 14.9 Å². The highest BCUT2D eigenvalue weighted by Crippen LogP contribution is 2.32. The SMILES string of the molecule is COc1ccccc1N1CCN(C(=O)CSc2nc3ccccc3nc2N2CC(C)OC(C)C2)CC1. The van der Waals surface area contributed by atoms with Gasteiger partial charge < -0.3 is 24.2 Å². The van der Waals surface area contributed by atoms with Crippen LogP contribution >= 0.6 is 11.8 Å². The van der Waals surface area contributed by atoms with E-state index in [1.54, 1.807) is 7.11 Å². The molecule has 190 valence electrons. The lowest BCUT2D eigenvalue weighted by Gasteiger charge is -2.37. The van der Waals surface area contributed by atoms with E-state index < -0.39 is 0 Å². The van der Waals surface area contributed by atoms with Gasteiger partial charge in [-0.15, -0.1) is 0 Å². The molecule has 2 saturated heterocycles. The minimum Gasteiger partial charge on any atom is -0.495 e. The van der Waals surface area contributed by atoms with Crippen LogP contribution in [-0.2, 0) is 9.53 Å². The molecule has 2 unspecified atom stereocenters. The molecule has 2 atom stereocenters. The molecule has 2 fully saturated rings. The number of amides is 1. The third kappa shape index (κ3) is 5.37. The molecule has 0 spiro atoms. The molecule has 2 aromatic carbocycles. The number of methoxy groups -OCH3 is 1. The molecule has 0 N–H and O–H groups in total. The smallest absolute Gasteiger partial charge is 0.233 e. The molecular weight excluding hydrogens is 474 g/mol. The molecule has 3 heterocycles. The third-order valence-corrected chi connectivity index (χ3v) is 7.57. The zero-order valence-corrected chi connectivity index (χ0v) is 21.9. The maximum Gasteiger partial charge on any atom is 0.233 e. The number of piperazine rings is 1. The topological polar surface area (TPSA) is 71.0 Å². The molecule has 9 heteroatoms. The number of morpholine rings is 1. The van der Waals surface area contributed by atoms with E-state index in [0.717, 1.165) is 59.5 Å². The van der Waals surface area contributed by atoms with Crippen LogP contribution in [0.5, 0.6) is 5.75 Å². The second kappa shape index (κ2) is 10.9. The van der Waals surface area contributed by atoms with Crippen molar-refractivity contribution in [2.45, 2.75) is 31.1 Å². The highest BCUT2D eigenvalue weighted by Gasteiger charge is 2.28. The first kappa shape index (κ1) is 24.6. The minimum absolute atomic E-state index is 0.112. The second-order valence-electron chi connectivity index (χ2n) is 9.33. The Balaban J connectivity index is 1.27. The molecule has 3 aromatic rings. The van der Waals surface area contributed by atoms with Gasteiger partial charge in [-0.25, -0.2) is 9.97 Å². The molecule has 0 aliphatic carbocycles. The molecule has 0 bridgehead atoms. The minimum atomic E-state index is 0.112. The second-order valence-corrected chi connectivity index (χ2v) is 10.3. The van der Waals surface area contributed by atoms with E-state index in [1.165, 1.54) is 11.8 Å². The Morgan fingerprint density at radius 2 is 1.58 bits per heavy atom. The fraction of sp³-hybridized carbons (Fsp3) is 0.444. The highest BCUT2D eigenvalue weighted by molar-refractivity contribution is 8.00. The highest BCUT2D eigenvalue weighted by atomic mass is 32.2. The third-order valence-electron chi connectivity index (χ3n) is 6.63. The summed E-state index contributed by atoms with van der Waals surface area (Å²) in [6.07, 6.45) is 0.224. The standard InChI is InChI=1S/C27H33N5O3S/c1-19-16-32(17-20(2)35-19)26-27(29-22-9-5-4-8-21(22)28-26)36-18-25(33)31-14-12-30(13-15-31)23-10-6-7-11-24(23)34-3/h4-11,19-20H,12-18H2,1-3H3. The van der Waals surface area contributed by atoms with Crippen LogP contribution in [-0.4, -0.2) is 85.1 Å². The van der Waals surface area contributed by atoms with Gasteiger partial charge in [0, 0.05) is 39.3 Å². The monoisotopic (exact) mass is 507 g/mol. The average Bonchev–Trinajstić information content (AvgIpc) is 2.90. The first-order chi connectivity index (χ1) is 17.5. The predicted octanol–water partition coefficient (Wildman–Crippen LogP) is 3.69. The zero-order chi connectivity index (χ0) is 25.1. The van der Waals surface area contributed by atoms with Gasteiger partial charge in [0.15, 0.2) is 5.82 Å². The molecular formula is C27H33N5O3S. The summed E-state index contributed by atoms with van der Waals surface area (Å²) in [5.41, 5.74) is 2.78. The fourth-order valence-electron chi connectivity index (χ4n) is 4.94. The number of aromatic nitrogens is 2. The van der Waals surface area contributed by atoms with Crippen LogP contribution in [0.4, 0.5) is 11.5 Å². The number of hydrogen-bond acceptors (Lipinski definition) is 8. The van der Waals surface area contributed by atoms with Crippen molar-refractivity contribution in [3.63, 3.8) is 0 Å². The van der Waals surface area contributed by atoms with Crippen LogP contribution in [0.3, 0.4) is 0 Å². The molecule has 36 heavy (non-hydrogen) atoms. The summed E-state index contributed by atoms with van der Waals surface area (Å²) in [6, 6.07) is 15.9. The van der Waals surface area contributed by atoms with E-state index in [2.05, 4.69) is 29.7 Å². The Labute approximate surface area is 216 Å². The number of fused-ring (bicyclic) bond motifs is 1. The van der Waals surface area contributed by atoms with Crippen molar-refractivity contribution < 1.29 is 14.3 Å². The molecule has 2 aliphatic rings. The maximum absolute atomic E-state index is 13.2. The quantitative estimate of drug-likeness (QED) is 0.468. The van der Waals surface area contributed by atoms with Gasteiger partial charge in [-0.3, -0.25) is 4.79 Å². The predicted molar refractivity (Wildman–Crippen MR) is 144 cm³/mol. The number of nitrogens with zero attached hydrogens (tertiary/aromatic N) is 5. The molecule has 0 radical (unpaired) electrons. The largest absolute Gasteiger partial charge is 0.495 e. The molecule has 1 aromatic heterocycles. The lowest BCUT2D eigenvalue weighted by molar-refractivity contribution is -0.128. The Kier molecular flexibility index (Phi) is 7.48.